The molecule has 2 saturated heterocycles. The topological polar surface area (TPSA) is 15.3 Å². The molecular formula is C9H18N2. The molecule has 2 unspecified atom stereocenters. The molecule has 2 nitrogen and oxygen atoms in total. The Hall–Kier alpha value is -0.0800. The summed E-state index contributed by atoms with van der Waals surface area (Å²) in [5.74, 6) is 0.947. The molecule has 0 saturated carbocycles. The molecule has 1 N–H and O–H groups in total. The van der Waals surface area contributed by atoms with Gasteiger partial charge in [0.1, 0.15) is 0 Å². The molecule has 2 heterocycles. The van der Waals surface area contributed by atoms with Crippen LogP contribution in [0.4, 0.5) is 0 Å². The van der Waals surface area contributed by atoms with Crippen molar-refractivity contribution >= 4 is 0 Å². The predicted molar refractivity (Wildman–Crippen MR) is 46.6 cm³/mol. The molecule has 2 heteroatoms. The van der Waals surface area contributed by atoms with Crippen molar-refractivity contribution in [1.82, 2.24) is 10.2 Å². The average molecular weight is 154 g/mol. The van der Waals surface area contributed by atoms with Crippen molar-refractivity contribution in [2.45, 2.75) is 25.3 Å². The summed E-state index contributed by atoms with van der Waals surface area (Å²) >= 11 is 0. The number of nitrogens with one attached hydrogen (secondary N) is 1. The van der Waals surface area contributed by atoms with E-state index in [1.807, 2.05) is 0 Å². The van der Waals surface area contributed by atoms with Crippen molar-refractivity contribution in [3.8, 4) is 0 Å². The van der Waals surface area contributed by atoms with Crippen LogP contribution in [0.15, 0.2) is 0 Å². The zero-order chi connectivity index (χ0) is 7.68. The van der Waals surface area contributed by atoms with E-state index < -0.39 is 0 Å². The van der Waals surface area contributed by atoms with Crippen LogP contribution >= 0.6 is 0 Å². The van der Waals surface area contributed by atoms with Crippen LogP contribution in [0.5, 0.6) is 0 Å². The maximum Gasteiger partial charge on any atom is 0.0235 e. The van der Waals surface area contributed by atoms with Gasteiger partial charge < -0.3 is 10.2 Å². The summed E-state index contributed by atoms with van der Waals surface area (Å²) in [6.07, 6.45) is 4.26. The number of hydrogen-bond acceptors (Lipinski definition) is 2. The van der Waals surface area contributed by atoms with Crippen molar-refractivity contribution < 1.29 is 0 Å². The van der Waals surface area contributed by atoms with Crippen molar-refractivity contribution in [2.75, 3.05) is 26.7 Å². The summed E-state index contributed by atoms with van der Waals surface area (Å²) in [5.41, 5.74) is 0. The molecule has 0 amide bonds. The number of likely N-dealkylation sites (tertiary alicyclic amines) is 1. The molecule has 0 bridgehead atoms. The third-order valence-corrected chi connectivity index (χ3v) is 3.03. The van der Waals surface area contributed by atoms with Crippen LogP contribution in [0.25, 0.3) is 0 Å². The minimum atomic E-state index is 0.808. The second-order valence-electron chi connectivity index (χ2n) is 4.04. The lowest BCUT2D eigenvalue weighted by atomic mass is 9.99. The zero-order valence-corrected chi connectivity index (χ0v) is 7.34. The molecule has 0 aliphatic carbocycles. The fourth-order valence-corrected chi connectivity index (χ4v) is 2.43. The SMILES string of the molecule is CN1CC2CCCCNC2C1. The Labute approximate surface area is 69.0 Å². The normalized spacial score (nSPS) is 40.1. The predicted octanol–water partition coefficient (Wildman–Crippen LogP) is 0.690. The van der Waals surface area contributed by atoms with Gasteiger partial charge in [0.15, 0.2) is 0 Å². The minimum Gasteiger partial charge on any atom is -0.312 e. The molecular weight excluding hydrogens is 136 g/mol. The Morgan fingerprint density at radius 2 is 2.18 bits per heavy atom. The molecule has 0 aromatic heterocycles. The molecule has 64 valence electrons. The van der Waals surface area contributed by atoms with E-state index in [-0.39, 0.29) is 0 Å². The number of rotatable bonds is 0. The van der Waals surface area contributed by atoms with E-state index in [4.69, 9.17) is 0 Å². The largest absolute Gasteiger partial charge is 0.312 e. The van der Waals surface area contributed by atoms with Gasteiger partial charge in [-0.15, -0.1) is 0 Å². The average Bonchev–Trinajstić information content (AvgIpc) is 2.17. The minimum absolute atomic E-state index is 0.808. The van der Waals surface area contributed by atoms with Crippen LogP contribution in [0.1, 0.15) is 19.3 Å². The quantitative estimate of drug-likeness (QED) is 0.552. The molecule has 0 aromatic rings. The first-order valence-electron chi connectivity index (χ1n) is 4.78. The first kappa shape index (κ1) is 7.56. The Balaban J connectivity index is 1.96. The van der Waals surface area contributed by atoms with Gasteiger partial charge in [-0.25, -0.2) is 0 Å². The van der Waals surface area contributed by atoms with E-state index in [1.54, 1.807) is 0 Å². The first-order chi connectivity index (χ1) is 5.36. The molecule has 2 atom stereocenters. The zero-order valence-electron chi connectivity index (χ0n) is 7.34. The van der Waals surface area contributed by atoms with E-state index in [9.17, 15) is 0 Å². The maximum absolute atomic E-state index is 3.63. The summed E-state index contributed by atoms with van der Waals surface area (Å²) in [7, 11) is 2.23. The van der Waals surface area contributed by atoms with E-state index in [2.05, 4.69) is 17.3 Å². The fourth-order valence-electron chi connectivity index (χ4n) is 2.43. The molecule has 2 fully saturated rings. The Morgan fingerprint density at radius 1 is 1.27 bits per heavy atom. The lowest BCUT2D eigenvalue weighted by molar-refractivity contribution is 0.384. The molecule has 11 heavy (non-hydrogen) atoms. The molecule has 0 spiro atoms. The van der Waals surface area contributed by atoms with Crippen LogP contribution in [0, 0.1) is 5.92 Å². The molecule has 0 aromatic carbocycles. The standard InChI is InChI=1S/C9H18N2/c1-11-6-8-4-2-3-5-10-9(8)7-11/h8-10H,2-7H2,1H3. The smallest absolute Gasteiger partial charge is 0.0235 e. The first-order valence-corrected chi connectivity index (χ1v) is 4.78. The Kier molecular flexibility index (Phi) is 2.14. The van der Waals surface area contributed by atoms with Gasteiger partial charge in [-0.05, 0) is 32.4 Å². The van der Waals surface area contributed by atoms with Crippen molar-refractivity contribution in [3.05, 3.63) is 0 Å². The van der Waals surface area contributed by atoms with Crippen LogP contribution in [0.2, 0.25) is 0 Å². The van der Waals surface area contributed by atoms with E-state index in [0.29, 0.717) is 0 Å². The molecule has 0 radical (unpaired) electrons. The summed E-state index contributed by atoms with van der Waals surface area (Å²) in [6.45, 7) is 3.83. The van der Waals surface area contributed by atoms with Crippen molar-refractivity contribution in [2.24, 2.45) is 5.92 Å². The second kappa shape index (κ2) is 3.11. The summed E-state index contributed by atoms with van der Waals surface area (Å²) < 4.78 is 0. The van der Waals surface area contributed by atoms with Gasteiger partial charge >= 0.3 is 0 Å². The number of likely N-dealkylation sites (N-methyl/N-ethyl adjacent to an activating group) is 1. The Bertz CT molecular complexity index is 122. The summed E-state index contributed by atoms with van der Waals surface area (Å²) in [5, 5.41) is 3.63. The highest BCUT2D eigenvalue weighted by molar-refractivity contribution is 4.89. The highest BCUT2D eigenvalue weighted by atomic mass is 15.2. The maximum atomic E-state index is 3.63. The third-order valence-electron chi connectivity index (χ3n) is 3.03. The highest BCUT2D eigenvalue weighted by Gasteiger charge is 2.30. The van der Waals surface area contributed by atoms with Gasteiger partial charge in [0.2, 0.25) is 0 Å². The van der Waals surface area contributed by atoms with Gasteiger partial charge in [0.25, 0.3) is 0 Å². The van der Waals surface area contributed by atoms with Crippen molar-refractivity contribution in [3.63, 3.8) is 0 Å². The van der Waals surface area contributed by atoms with Gasteiger partial charge in [-0.1, -0.05) is 6.42 Å². The monoisotopic (exact) mass is 154 g/mol. The van der Waals surface area contributed by atoms with Crippen LogP contribution in [-0.2, 0) is 0 Å². The van der Waals surface area contributed by atoms with E-state index in [0.717, 1.165) is 12.0 Å². The summed E-state index contributed by atoms with van der Waals surface area (Å²) in [4.78, 5) is 2.45. The van der Waals surface area contributed by atoms with Crippen LogP contribution in [0.3, 0.4) is 0 Å². The second-order valence-corrected chi connectivity index (χ2v) is 4.04. The van der Waals surface area contributed by atoms with Crippen molar-refractivity contribution in [1.29, 1.82) is 0 Å². The lowest BCUT2D eigenvalue weighted by Gasteiger charge is -2.14. The lowest BCUT2D eigenvalue weighted by Crippen LogP contribution is -2.34. The number of nitrogens with zero attached hydrogens (tertiary/aromatic N) is 1. The molecule has 2 aliphatic rings. The van der Waals surface area contributed by atoms with E-state index in [1.165, 1.54) is 38.9 Å². The van der Waals surface area contributed by atoms with Crippen LogP contribution in [-0.4, -0.2) is 37.6 Å². The van der Waals surface area contributed by atoms with Gasteiger partial charge in [-0.2, -0.15) is 0 Å². The number of fused-ring (bicyclic) bond motifs is 1. The van der Waals surface area contributed by atoms with Gasteiger partial charge in [-0.3, -0.25) is 0 Å². The van der Waals surface area contributed by atoms with Gasteiger partial charge in [0.05, 0.1) is 0 Å². The number of hydrogen-bond donors (Lipinski definition) is 1. The third kappa shape index (κ3) is 1.57. The Morgan fingerprint density at radius 3 is 3.09 bits per heavy atom. The molecule has 2 aliphatic heterocycles. The van der Waals surface area contributed by atoms with E-state index >= 15 is 0 Å². The fraction of sp³-hybridized carbons (Fsp3) is 1.00. The summed E-state index contributed by atoms with van der Waals surface area (Å²) in [6, 6.07) is 0.808. The molecule has 2 rings (SSSR count). The van der Waals surface area contributed by atoms with Crippen LogP contribution < -0.4 is 5.32 Å². The highest BCUT2D eigenvalue weighted by Crippen LogP contribution is 2.23. The van der Waals surface area contributed by atoms with Gasteiger partial charge in [0, 0.05) is 19.1 Å².